The van der Waals surface area contributed by atoms with Crippen LogP contribution in [-0.4, -0.2) is 47.0 Å². The zero-order valence-electron chi connectivity index (χ0n) is 16.2. The summed E-state index contributed by atoms with van der Waals surface area (Å²) in [5, 5.41) is 0. The van der Waals surface area contributed by atoms with E-state index in [9.17, 15) is 4.79 Å². The predicted molar refractivity (Wildman–Crippen MR) is 105 cm³/mol. The number of carbonyl (C=O) groups is 1. The summed E-state index contributed by atoms with van der Waals surface area (Å²) in [7, 11) is 0. The number of amides is 1. The van der Waals surface area contributed by atoms with Crippen molar-refractivity contribution in [3.63, 3.8) is 0 Å². The van der Waals surface area contributed by atoms with Crippen molar-refractivity contribution in [2.24, 2.45) is 5.92 Å². The zero-order valence-corrected chi connectivity index (χ0v) is 16.2. The molecular weight excluding hydrogens is 324 g/mol. The molecule has 0 saturated carbocycles. The molecule has 0 spiro atoms. The molecule has 0 bridgehead atoms. The minimum Gasteiger partial charge on any atom is -0.353 e. The van der Waals surface area contributed by atoms with Gasteiger partial charge in [-0.25, -0.2) is 9.97 Å². The molecule has 1 fully saturated rings. The molecular formula is C21H28N4O. The van der Waals surface area contributed by atoms with Crippen molar-refractivity contribution in [2.45, 2.75) is 34.1 Å². The maximum atomic E-state index is 12.3. The Kier molecular flexibility index (Phi) is 5.55. The molecule has 1 aliphatic heterocycles. The van der Waals surface area contributed by atoms with E-state index in [2.05, 4.69) is 54.9 Å². The number of piperazine rings is 1. The fraction of sp³-hybridized carbons (Fsp3) is 0.476. The van der Waals surface area contributed by atoms with Crippen LogP contribution in [0.5, 0.6) is 0 Å². The molecule has 0 radical (unpaired) electrons. The fourth-order valence-electron chi connectivity index (χ4n) is 3.21. The van der Waals surface area contributed by atoms with E-state index in [4.69, 9.17) is 4.98 Å². The molecule has 1 amide bonds. The third kappa shape index (κ3) is 4.40. The zero-order chi connectivity index (χ0) is 18.7. The molecule has 3 rings (SSSR count). The molecule has 1 aromatic heterocycles. The second kappa shape index (κ2) is 7.85. The van der Waals surface area contributed by atoms with Gasteiger partial charge in [0.05, 0.1) is 0 Å². The van der Waals surface area contributed by atoms with E-state index in [1.54, 1.807) is 0 Å². The van der Waals surface area contributed by atoms with Gasteiger partial charge in [0, 0.05) is 49.9 Å². The molecule has 0 unspecified atom stereocenters. The standard InChI is InChI=1S/C21H28N4O/c1-15(2)13-20(26)25-11-9-24(10-12-25)19-14-17(4)22-21(23-19)18-7-5-16(3)6-8-18/h5-8,14-15H,9-13H2,1-4H3. The van der Waals surface area contributed by atoms with Gasteiger partial charge in [-0.1, -0.05) is 43.7 Å². The molecule has 5 nitrogen and oxygen atoms in total. The molecule has 0 atom stereocenters. The molecule has 0 aliphatic carbocycles. The number of hydrogen-bond donors (Lipinski definition) is 0. The Bertz CT molecular complexity index is 762. The van der Waals surface area contributed by atoms with Crippen LogP contribution in [0.15, 0.2) is 30.3 Å². The van der Waals surface area contributed by atoms with E-state index in [0.29, 0.717) is 12.3 Å². The minimum atomic E-state index is 0.263. The highest BCUT2D eigenvalue weighted by Gasteiger charge is 2.23. The smallest absolute Gasteiger partial charge is 0.222 e. The lowest BCUT2D eigenvalue weighted by molar-refractivity contribution is -0.132. The van der Waals surface area contributed by atoms with Crippen molar-refractivity contribution in [2.75, 3.05) is 31.1 Å². The number of carbonyl (C=O) groups excluding carboxylic acids is 1. The van der Waals surface area contributed by atoms with Crippen LogP contribution in [0.3, 0.4) is 0 Å². The maximum Gasteiger partial charge on any atom is 0.222 e. The van der Waals surface area contributed by atoms with E-state index in [1.807, 2.05) is 17.9 Å². The van der Waals surface area contributed by atoms with Crippen molar-refractivity contribution in [1.29, 1.82) is 0 Å². The molecule has 1 aromatic carbocycles. The van der Waals surface area contributed by atoms with Crippen molar-refractivity contribution < 1.29 is 4.79 Å². The van der Waals surface area contributed by atoms with Crippen LogP contribution in [0.4, 0.5) is 5.82 Å². The van der Waals surface area contributed by atoms with Crippen LogP contribution in [0.25, 0.3) is 11.4 Å². The van der Waals surface area contributed by atoms with Gasteiger partial charge in [-0.2, -0.15) is 0 Å². The van der Waals surface area contributed by atoms with E-state index in [1.165, 1.54) is 5.56 Å². The van der Waals surface area contributed by atoms with Gasteiger partial charge in [0.15, 0.2) is 5.82 Å². The SMILES string of the molecule is Cc1ccc(-c2nc(C)cc(N3CCN(C(=O)CC(C)C)CC3)n2)cc1. The normalized spacial score (nSPS) is 14.8. The first-order valence-corrected chi connectivity index (χ1v) is 9.38. The van der Waals surface area contributed by atoms with Gasteiger partial charge in [0.1, 0.15) is 5.82 Å². The van der Waals surface area contributed by atoms with Gasteiger partial charge >= 0.3 is 0 Å². The Hall–Kier alpha value is -2.43. The molecule has 1 aliphatic rings. The first-order valence-electron chi connectivity index (χ1n) is 9.38. The fourth-order valence-corrected chi connectivity index (χ4v) is 3.21. The Morgan fingerprint density at radius 3 is 2.31 bits per heavy atom. The van der Waals surface area contributed by atoms with Gasteiger partial charge in [-0.05, 0) is 19.8 Å². The molecule has 2 aromatic rings. The molecule has 1 saturated heterocycles. The number of hydrogen-bond acceptors (Lipinski definition) is 4. The quantitative estimate of drug-likeness (QED) is 0.846. The predicted octanol–water partition coefficient (Wildman–Crippen LogP) is 3.46. The Labute approximate surface area is 156 Å². The monoisotopic (exact) mass is 352 g/mol. The number of aryl methyl sites for hydroxylation is 2. The van der Waals surface area contributed by atoms with Crippen LogP contribution in [0.1, 0.15) is 31.5 Å². The summed E-state index contributed by atoms with van der Waals surface area (Å²) in [5.41, 5.74) is 3.22. The summed E-state index contributed by atoms with van der Waals surface area (Å²) in [6.07, 6.45) is 0.629. The first kappa shape index (κ1) is 18.4. The lowest BCUT2D eigenvalue weighted by Gasteiger charge is -2.36. The summed E-state index contributed by atoms with van der Waals surface area (Å²) >= 11 is 0. The maximum absolute atomic E-state index is 12.3. The summed E-state index contributed by atoms with van der Waals surface area (Å²) in [5.74, 6) is 2.38. The van der Waals surface area contributed by atoms with Gasteiger partial charge in [-0.3, -0.25) is 4.79 Å². The van der Waals surface area contributed by atoms with E-state index >= 15 is 0 Å². The van der Waals surface area contributed by atoms with Crippen molar-refractivity contribution in [3.8, 4) is 11.4 Å². The number of aromatic nitrogens is 2. The highest BCUT2D eigenvalue weighted by Crippen LogP contribution is 2.22. The number of nitrogens with zero attached hydrogens (tertiary/aromatic N) is 4. The summed E-state index contributed by atoms with van der Waals surface area (Å²) < 4.78 is 0. The summed E-state index contributed by atoms with van der Waals surface area (Å²) in [4.78, 5) is 25.9. The van der Waals surface area contributed by atoms with Crippen LogP contribution in [-0.2, 0) is 4.79 Å². The van der Waals surface area contributed by atoms with Crippen molar-refractivity contribution in [3.05, 3.63) is 41.6 Å². The Morgan fingerprint density at radius 2 is 1.69 bits per heavy atom. The second-order valence-corrected chi connectivity index (χ2v) is 7.52. The Balaban J connectivity index is 1.72. The number of anilines is 1. The second-order valence-electron chi connectivity index (χ2n) is 7.52. The van der Waals surface area contributed by atoms with Gasteiger partial charge in [0.2, 0.25) is 5.91 Å². The average molecular weight is 352 g/mol. The highest BCUT2D eigenvalue weighted by atomic mass is 16.2. The van der Waals surface area contributed by atoms with E-state index in [-0.39, 0.29) is 5.91 Å². The average Bonchev–Trinajstić information content (AvgIpc) is 2.61. The lowest BCUT2D eigenvalue weighted by atomic mass is 10.1. The lowest BCUT2D eigenvalue weighted by Crippen LogP contribution is -2.49. The summed E-state index contributed by atoms with van der Waals surface area (Å²) in [6, 6.07) is 10.3. The third-order valence-electron chi connectivity index (χ3n) is 4.69. The third-order valence-corrected chi connectivity index (χ3v) is 4.69. The molecule has 26 heavy (non-hydrogen) atoms. The number of rotatable bonds is 4. The van der Waals surface area contributed by atoms with Gasteiger partial charge in [-0.15, -0.1) is 0 Å². The van der Waals surface area contributed by atoms with Crippen LogP contribution in [0.2, 0.25) is 0 Å². The van der Waals surface area contributed by atoms with Crippen molar-refractivity contribution >= 4 is 11.7 Å². The molecule has 5 heteroatoms. The molecule has 2 heterocycles. The first-order chi connectivity index (χ1) is 12.4. The largest absolute Gasteiger partial charge is 0.353 e. The molecule has 138 valence electrons. The number of benzene rings is 1. The topological polar surface area (TPSA) is 49.3 Å². The van der Waals surface area contributed by atoms with Crippen molar-refractivity contribution in [1.82, 2.24) is 14.9 Å². The Morgan fingerprint density at radius 1 is 1.04 bits per heavy atom. The van der Waals surface area contributed by atoms with Crippen LogP contribution in [0, 0.1) is 19.8 Å². The van der Waals surface area contributed by atoms with Crippen LogP contribution >= 0.6 is 0 Å². The molecule has 0 N–H and O–H groups in total. The van der Waals surface area contributed by atoms with E-state index in [0.717, 1.165) is 49.1 Å². The minimum absolute atomic E-state index is 0.263. The van der Waals surface area contributed by atoms with Gasteiger partial charge in [0.25, 0.3) is 0 Å². The highest BCUT2D eigenvalue weighted by molar-refractivity contribution is 5.76. The summed E-state index contributed by atoms with van der Waals surface area (Å²) in [6.45, 7) is 11.4. The van der Waals surface area contributed by atoms with Crippen LogP contribution < -0.4 is 4.90 Å². The van der Waals surface area contributed by atoms with Gasteiger partial charge < -0.3 is 9.80 Å². The van der Waals surface area contributed by atoms with E-state index < -0.39 is 0 Å².